The molecule has 16 heavy (non-hydrogen) atoms. The van der Waals surface area contributed by atoms with Crippen molar-refractivity contribution in [1.29, 1.82) is 0 Å². The Hall–Kier alpha value is -1.62. The van der Waals surface area contributed by atoms with E-state index in [2.05, 4.69) is 5.16 Å². The SMILES string of the molecule is COc1ccc(/C(Cl)=N/O)c(OC)c1OC. The van der Waals surface area contributed by atoms with E-state index in [9.17, 15) is 0 Å². The van der Waals surface area contributed by atoms with Gasteiger partial charge in [0.25, 0.3) is 0 Å². The predicted octanol–water partition coefficient (Wildman–Crippen LogP) is 2.09. The smallest absolute Gasteiger partial charge is 0.204 e. The Morgan fingerprint density at radius 2 is 1.75 bits per heavy atom. The zero-order chi connectivity index (χ0) is 12.1. The summed E-state index contributed by atoms with van der Waals surface area (Å²) < 4.78 is 15.4. The van der Waals surface area contributed by atoms with Crippen LogP contribution in [0.5, 0.6) is 17.2 Å². The van der Waals surface area contributed by atoms with E-state index in [-0.39, 0.29) is 5.17 Å². The van der Waals surface area contributed by atoms with E-state index in [4.69, 9.17) is 31.0 Å². The van der Waals surface area contributed by atoms with Crippen LogP contribution in [-0.4, -0.2) is 31.7 Å². The number of hydrogen-bond acceptors (Lipinski definition) is 5. The second kappa shape index (κ2) is 5.46. The summed E-state index contributed by atoms with van der Waals surface area (Å²) in [6, 6.07) is 3.26. The molecule has 0 saturated heterocycles. The zero-order valence-corrected chi connectivity index (χ0v) is 9.91. The lowest BCUT2D eigenvalue weighted by molar-refractivity contribution is 0.317. The van der Waals surface area contributed by atoms with Crippen LogP contribution in [0.15, 0.2) is 17.3 Å². The van der Waals surface area contributed by atoms with Gasteiger partial charge in [0.1, 0.15) is 0 Å². The third-order valence-corrected chi connectivity index (χ3v) is 2.29. The van der Waals surface area contributed by atoms with E-state index >= 15 is 0 Å². The van der Waals surface area contributed by atoms with Crippen LogP contribution in [-0.2, 0) is 0 Å². The first-order valence-electron chi connectivity index (χ1n) is 4.36. The number of benzene rings is 1. The van der Waals surface area contributed by atoms with Gasteiger partial charge in [0, 0.05) is 0 Å². The average molecular weight is 246 g/mol. The fourth-order valence-corrected chi connectivity index (χ4v) is 1.47. The summed E-state index contributed by atoms with van der Waals surface area (Å²) in [6.07, 6.45) is 0. The van der Waals surface area contributed by atoms with Gasteiger partial charge in [-0.1, -0.05) is 16.8 Å². The van der Waals surface area contributed by atoms with Gasteiger partial charge in [0.05, 0.1) is 26.9 Å². The highest BCUT2D eigenvalue weighted by molar-refractivity contribution is 6.69. The molecule has 0 unspecified atom stereocenters. The molecule has 88 valence electrons. The number of halogens is 1. The normalized spacial score (nSPS) is 11.1. The molecule has 5 nitrogen and oxygen atoms in total. The lowest BCUT2D eigenvalue weighted by Crippen LogP contribution is -2.01. The Morgan fingerprint density at radius 1 is 1.12 bits per heavy atom. The molecule has 1 N–H and O–H groups in total. The van der Waals surface area contributed by atoms with Crippen molar-refractivity contribution in [2.75, 3.05) is 21.3 Å². The molecule has 0 heterocycles. The molecule has 0 aliphatic heterocycles. The maximum atomic E-state index is 8.63. The second-order valence-corrected chi connectivity index (χ2v) is 3.13. The van der Waals surface area contributed by atoms with Crippen molar-refractivity contribution in [1.82, 2.24) is 0 Å². The summed E-state index contributed by atoms with van der Waals surface area (Å²) in [6.45, 7) is 0. The van der Waals surface area contributed by atoms with Gasteiger partial charge in [0.15, 0.2) is 16.7 Å². The summed E-state index contributed by atoms with van der Waals surface area (Å²) >= 11 is 5.72. The number of methoxy groups -OCH3 is 3. The Balaban J connectivity index is 3.43. The molecular formula is C10H12ClNO4. The monoisotopic (exact) mass is 245 g/mol. The molecule has 1 aromatic carbocycles. The van der Waals surface area contributed by atoms with Gasteiger partial charge < -0.3 is 19.4 Å². The molecule has 1 rings (SSSR count). The molecule has 0 saturated carbocycles. The third kappa shape index (κ3) is 2.14. The maximum Gasteiger partial charge on any atom is 0.204 e. The number of ether oxygens (including phenoxy) is 3. The van der Waals surface area contributed by atoms with E-state index in [0.717, 1.165) is 0 Å². The highest BCUT2D eigenvalue weighted by Gasteiger charge is 2.18. The lowest BCUT2D eigenvalue weighted by atomic mass is 10.2. The molecule has 6 heteroatoms. The fraction of sp³-hybridized carbons (Fsp3) is 0.300. The molecule has 0 atom stereocenters. The van der Waals surface area contributed by atoms with Crippen molar-refractivity contribution >= 4 is 16.8 Å². The molecular weight excluding hydrogens is 234 g/mol. The van der Waals surface area contributed by atoms with Crippen LogP contribution in [0, 0.1) is 0 Å². The van der Waals surface area contributed by atoms with E-state index in [0.29, 0.717) is 22.8 Å². The van der Waals surface area contributed by atoms with E-state index in [1.807, 2.05) is 0 Å². The van der Waals surface area contributed by atoms with Gasteiger partial charge in [-0.15, -0.1) is 0 Å². The summed E-state index contributed by atoms with van der Waals surface area (Å²) in [5, 5.41) is 11.4. The number of nitrogens with zero attached hydrogens (tertiary/aromatic N) is 1. The first-order chi connectivity index (χ1) is 7.69. The molecule has 1 aromatic rings. The standard InChI is InChI=1S/C10H12ClNO4/c1-14-7-5-4-6(10(11)12-13)8(15-2)9(7)16-3/h4-5,13H,1-3H3/b12-10-. The van der Waals surface area contributed by atoms with Crippen LogP contribution in [0.2, 0.25) is 0 Å². The first-order valence-corrected chi connectivity index (χ1v) is 4.74. The van der Waals surface area contributed by atoms with Crippen molar-refractivity contribution in [2.24, 2.45) is 5.16 Å². The van der Waals surface area contributed by atoms with Gasteiger partial charge in [-0.2, -0.15) is 0 Å². The van der Waals surface area contributed by atoms with Crippen LogP contribution in [0.4, 0.5) is 0 Å². The second-order valence-electron chi connectivity index (χ2n) is 2.77. The molecule has 0 aromatic heterocycles. The summed E-state index contributed by atoms with van der Waals surface area (Å²) in [5.41, 5.74) is 0.421. The average Bonchev–Trinajstić information content (AvgIpc) is 2.35. The number of oxime groups is 1. The van der Waals surface area contributed by atoms with Gasteiger partial charge in [-0.05, 0) is 12.1 Å². The van der Waals surface area contributed by atoms with Crippen LogP contribution in [0.25, 0.3) is 0 Å². The highest BCUT2D eigenvalue weighted by Crippen LogP contribution is 2.40. The Bertz CT molecular complexity index is 406. The van der Waals surface area contributed by atoms with Crippen LogP contribution >= 0.6 is 11.6 Å². The molecule has 0 spiro atoms. The van der Waals surface area contributed by atoms with Crippen molar-refractivity contribution in [2.45, 2.75) is 0 Å². The van der Waals surface area contributed by atoms with Crippen LogP contribution < -0.4 is 14.2 Å². The molecule has 0 aliphatic rings. The molecule has 0 amide bonds. The van der Waals surface area contributed by atoms with Crippen LogP contribution in [0.1, 0.15) is 5.56 Å². The predicted molar refractivity (Wildman–Crippen MR) is 60.3 cm³/mol. The number of rotatable bonds is 4. The maximum absolute atomic E-state index is 8.63. The first kappa shape index (κ1) is 12.4. The van der Waals surface area contributed by atoms with Gasteiger partial charge >= 0.3 is 0 Å². The fourth-order valence-electron chi connectivity index (χ4n) is 1.32. The highest BCUT2D eigenvalue weighted by atomic mass is 35.5. The van der Waals surface area contributed by atoms with E-state index < -0.39 is 0 Å². The number of hydrogen-bond donors (Lipinski definition) is 1. The van der Waals surface area contributed by atoms with Crippen LogP contribution in [0.3, 0.4) is 0 Å². The van der Waals surface area contributed by atoms with Gasteiger partial charge in [0.2, 0.25) is 5.75 Å². The quantitative estimate of drug-likeness (QED) is 0.501. The minimum atomic E-state index is -0.0854. The Kier molecular flexibility index (Phi) is 4.25. The molecule has 0 radical (unpaired) electrons. The van der Waals surface area contributed by atoms with Gasteiger partial charge in [-0.25, -0.2) is 0 Å². The lowest BCUT2D eigenvalue weighted by Gasteiger charge is -2.14. The summed E-state index contributed by atoms with van der Waals surface area (Å²) in [4.78, 5) is 0. The van der Waals surface area contributed by atoms with Crippen molar-refractivity contribution in [3.05, 3.63) is 17.7 Å². The van der Waals surface area contributed by atoms with Crippen molar-refractivity contribution in [3.8, 4) is 17.2 Å². The van der Waals surface area contributed by atoms with Gasteiger partial charge in [-0.3, -0.25) is 0 Å². The largest absolute Gasteiger partial charge is 0.493 e. The summed E-state index contributed by atoms with van der Waals surface area (Å²) in [7, 11) is 4.45. The molecule has 0 bridgehead atoms. The Labute approximate surface area is 98.2 Å². The molecule has 0 aliphatic carbocycles. The Morgan fingerprint density at radius 3 is 2.19 bits per heavy atom. The van der Waals surface area contributed by atoms with E-state index in [1.165, 1.54) is 21.3 Å². The molecule has 0 fully saturated rings. The minimum absolute atomic E-state index is 0.0854. The zero-order valence-electron chi connectivity index (χ0n) is 9.15. The summed E-state index contributed by atoms with van der Waals surface area (Å²) in [5.74, 6) is 1.25. The minimum Gasteiger partial charge on any atom is -0.493 e. The third-order valence-electron chi connectivity index (χ3n) is 2.01. The van der Waals surface area contributed by atoms with Crippen molar-refractivity contribution < 1.29 is 19.4 Å². The topological polar surface area (TPSA) is 60.3 Å². The van der Waals surface area contributed by atoms with E-state index in [1.54, 1.807) is 12.1 Å². The van der Waals surface area contributed by atoms with Crippen molar-refractivity contribution in [3.63, 3.8) is 0 Å².